The molecule has 2 aromatic rings. The van der Waals surface area contributed by atoms with Crippen LogP contribution in [-0.4, -0.2) is 10.7 Å². The van der Waals surface area contributed by atoms with Gasteiger partial charge in [-0.05, 0) is 52.3 Å². The summed E-state index contributed by atoms with van der Waals surface area (Å²) in [5.41, 5.74) is -0.0437. The highest BCUT2D eigenvalue weighted by Gasteiger charge is 2.14. The molecule has 1 aromatic carbocycles. The van der Waals surface area contributed by atoms with E-state index in [4.69, 9.17) is 11.6 Å². The van der Waals surface area contributed by atoms with Crippen molar-refractivity contribution in [1.29, 1.82) is 0 Å². The van der Waals surface area contributed by atoms with E-state index in [-0.39, 0.29) is 22.1 Å². The number of thiophene rings is 1. The molecule has 102 valence electrons. The van der Waals surface area contributed by atoms with Crippen LogP contribution in [0.25, 0.3) is 6.08 Å². The summed E-state index contributed by atoms with van der Waals surface area (Å²) in [5.74, 6) is -0.311. The van der Waals surface area contributed by atoms with Crippen molar-refractivity contribution in [1.82, 2.24) is 0 Å². The first-order valence-corrected chi connectivity index (χ1v) is 7.38. The first-order chi connectivity index (χ1) is 9.47. The minimum atomic E-state index is -0.612. The molecular formula is C13H7BrClNO3S. The van der Waals surface area contributed by atoms with Gasteiger partial charge in [-0.1, -0.05) is 11.6 Å². The second-order valence-corrected chi connectivity index (χ2v) is 6.66. The summed E-state index contributed by atoms with van der Waals surface area (Å²) >= 11 is 10.5. The van der Waals surface area contributed by atoms with Crippen LogP contribution in [0.15, 0.2) is 40.2 Å². The van der Waals surface area contributed by atoms with Gasteiger partial charge in [0.1, 0.15) is 5.02 Å². The Morgan fingerprint density at radius 2 is 2.10 bits per heavy atom. The number of carbonyl (C=O) groups excluding carboxylic acids is 1. The normalized spacial score (nSPS) is 10.9. The van der Waals surface area contributed by atoms with Crippen LogP contribution in [0.5, 0.6) is 0 Å². The molecule has 0 N–H and O–H groups in total. The van der Waals surface area contributed by atoms with E-state index >= 15 is 0 Å². The van der Waals surface area contributed by atoms with Crippen LogP contribution in [0.3, 0.4) is 0 Å². The number of rotatable bonds is 4. The van der Waals surface area contributed by atoms with Crippen molar-refractivity contribution in [2.45, 2.75) is 0 Å². The summed E-state index contributed by atoms with van der Waals surface area (Å²) < 4.78 is 0.965. The summed E-state index contributed by atoms with van der Waals surface area (Å²) in [6, 6.07) is 7.74. The van der Waals surface area contributed by atoms with Crippen molar-refractivity contribution in [2.75, 3.05) is 0 Å². The number of nitrogens with zero attached hydrogens (tertiary/aromatic N) is 1. The quantitative estimate of drug-likeness (QED) is 0.329. The van der Waals surface area contributed by atoms with Crippen LogP contribution in [0.2, 0.25) is 5.02 Å². The van der Waals surface area contributed by atoms with Gasteiger partial charge in [0, 0.05) is 16.5 Å². The highest BCUT2D eigenvalue weighted by Crippen LogP contribution is 2.26. The lowest BCUT2D eigenvalue weighted by molar-refractivity contribution is -0.384. The fourth-order valence-electron chi connectivity index (χ4n) is 1.48. The van der Waals surface area contributed by atoms with Crippen molar-refractivity contribution in [3.63, 3.8) is 0 Å². The Labute approximate surface area is 132 Å². The van der Waals surface area contributed by atoms with Crippen LogP contribution in [0.1, 0.15) is 15.2 Å². The minimum Gasteiger partial charge on any atom is -0.289 e. The molecule has 0 aliphatic rings. The molecule has 0 fully saturated rings. The van der Waals surface area contributed by atoms with Gasteiger partial charge in [0.25, 0.3) is 5.69 Å². The first kappa shape index (κ1) is 14.9. The molecule has 0 unspecified atom stereocenters. The SMILES string of the molecule is O=C(/C=C/c1ccc(Br)s1)c1ccc(Cl)c([N+](=O)[O-])c1. The van der Waals surface area contributed by atoms with Gasteiger partial charge in [0.15, 0.2) is 5.78 Å². The number of benzene rings is 1. The maximum atomic E-state index is 12.0. The Morgan fingerprint density at radius 3 is 2.70 bits per heavy atom. The second-order valence-electron chi connectivity index (χ2n) is 3.76. The molecule has 0 saturated carbocycles. The van der Waals surface area contributed by atoms with Gasteiger partial charge in [0.2, 0.25) is 0 Å². The average Bonchev–Trinajstić information content (AvgIpc) is 2.82. The maximum absolute atomic E-state index is 12.0. The third kappa shape index (κ3) is 3.53. The molecule has 20 heavy (non-hydrogen) atoms. The van der Waals surface area contributed by atoms with Crippen molar-refractivity contribution in [3.8, 4) is 0 Å². The highest BCUT2D eigenvalue weighted by molar-refractivity contribution is 9.11. The van der Waals surface area contributed by atoms with Gasteiger partial charge in [-0.25, -0.2) is 0 Å². The summed E-state index contributed by atoms with van der Waals surface area (Å²) in [6.07, 6.45) is 3.05. The predicted octanol–water partition coefficient (Wildman–Crippen LogP) is 4.97. The zero-order valence-corrected chi connectivity index (χ0v) is 13.0. The third-order valence-corrected chi connectivity index (χ3v) is 4.33. The largest absolute Gasteiger partial charge is 0.289 e. The maximum Gasteiger partial charge on any atom is 0.288 e. The summed E-state index contributed by atoms with van der Waals surface area (Å²) in [4.78, 5) is 23.0. The molecular weight excluding hydrogens is 366 g/mol. The van der Waals surface area contributed by atoms with E-state index in [9.17, 15) is 14.9 Å². The molecule has 4 nitrogen and oxygen atoms in total. The minimum absolute atomic E-state index is 0.0118. The zero-order valence-electron chi connectivity index (χ0n) is 9.88. The summed E-state index contributed by atoms with van der Waals surface area (Å²) in [7, 11) is 0. The van der Waals surface area contributed by atoms with Gasteiger partial charge < -0.3 is 0 Å². The van der Waals surface area contributed by atoms with E-state index in [2.05, 4.69) is 15.9 Å². The number of hydrogen-bond donors (Lipinski definition) is 0. The molecule has 0 bridgehead atoms. The fourth-order valence-corrected chi connectivity index (χ4v) is 2.99. The monoisotopic (exact) mass is 371 g/mol. The van der Waals surface area contributed by atoms with Gasteiger partial charge >= 0.3 is 0 Å². The van der Waals surface area contributed by atoms with Gasteiger partial charge in [-0.15, -0.1) is 11.3 Å². The number of nitro benzene ring substituents is 1. The van der Waals surface area contributed by atoms with Crippen molar-refractivity contribution < 1.29 is 9.72 Å². The van der Waals surface area contributed by atoms with Gasteiger partial charge in [-0.2, -0.15) is 0 Å². The Morgan fingerprint density at radius 1 is 1.35 bits per heavy atom. The number of halogens is 2. The second kappa shape index (κ2) is 6.30. The topological polar surface area (TPSA) is 60.2 Å². The van der Waals surface area contributed by atoms with E-state index in [1.807, 2.05) is 12.1 Å². The van der Waals surface area contributed by atoms with Crippen LogP contribution in [0.4, 0.5) is 5.69 Å². The number of hydrogen-bond acceptors (Lipinski definition) is 4. The average molecular weight is 373 g/mol. The van der Waals surface area contributed by atoms with Crippen LogP contribution in [-0.2, 0) is 0 Å². The smallest absolute Gasteiger partial charge is 0.288 e. The summed E-state index contributed by atoms with van der Waals surface area (Å²) in [5, 5.41) is 10.8. The molecule has 0 aliphatic heterocycles. The van der Waals surface area contributed by atoms with Gasteiger partial charge in [0.05, 0.1) is 8.71 Å². The molecule has 1 heterocycles. The van der Waals surface area contributed by atoms with E-state index in [1.54, 1.807) is 6.08 Å². The van der Waals surface area contributed by atoms with E-state index in [1.165, 1.54) is 35.6 Å². The molecule has 0 aliphatic carbocycles. The number of nitro groups is 1. The Balaban J connectivity index is 2.23. The number of carbonyl (C=O) groups is 1. The highest BCUT2D eigenvalue weighted by atomic mass is 79.9. The Kier molecular flexibility index (Phi) is 4.69. The van der Waals surface area contributed by atoms with Crippen LogP contribution >= 0.6 is 38.9 Å². The van der Waals surface area contributed by atoms with Crippen molar-refractivity contribution in [2.24, 2.45) is 0 Å². The molecule has 1 aromatic heterocycles. The third-order valence-electron chi connectivity index (χ3n) is 2.42. The first-order valence-electron chi connectivity index (χ1n) is 5.39. The summed E-state index contributed by atoms with van der Waals surface area (Å²) in [6.45, 7) is 0. The lowest BCUT2D eigenvalue weighted by Gasteiger charge is -1.98. The van der Waals surface area contributed by atoms with Crippen LogP contribution in [0, 0.1) is 10.1 Å². The molecule has 0 radical (unpaired) electrons. The molecule has 2 rings (SSSR count). The molecule has 0 saturated heterocycles. The van der Waals surface area contributed by atoms with E-state index in [0.29, 0.717) is 0 Å². The lowest BCUT2D eigenvalue weighted by Crippen LogP contribution is -1.97. The Bertz CT molecular complexity index is 711. The lowest BCUT2D eigenvalue weighted by atomic mass is 10.1. The molecule has 0 amide bonds. The molecule has 0 spiro atoms. The van der Waals surface area contributed by atoms with Gasteiger partial charge in [-0.3, -0.25) is 14.9 Å². The van der Waals surface area contributed by atoms with E-state index in [0.717, 1.165) is 8.66 Å². The fraction of sp³-hybridized carbons (Fsp3) is 0. The van der Waals surface area contributed by atoms with Crippen molar-refractivity contribution >= 4 is 56.4 Å². The van der Waals surface area contributed by atoms with Crippen LogP contribution < -0.4 is 0 Å². The predicted molar refractivity (Wildman–Crippen MR) is 83.5 cm³/mol. The Hall–Kier alpha value is -1.50. The number of allylic oxidation sites excluding steroid dienone is 1. The molecule has 0 atom stereocenters. The van der Waals surface area contributed by atoms with Crippen molar-refractivity contribution in [3.05, 3.63) is 65.8 Å². The zero-order chi connectivity index (χ0) is 14.7. The van der Waals surface area contributed by atoms with E-state index < -0.39 is 4.92 Å². The molecule has 7 heteroatoms. The number of ketones is 1. The standard InChI is InChI=1S/C13H7BrClNO3S/c14-13-6-3-9(20-13)2-5-12(17)8-1-4-10(15)11(7-8)16(18)19/h1-7H/b5-2+.